The summed E-state index contributed by atoms with van der Waals surface area (Å²) in [6.45, 7) is 2.61. The van der Waals surface area contributed by atoms with Gasteiger partial charge in [-0.25, -0.2) is 4.68 Å². The number of hydrogen-bond acceptors (Lipinski definition) is 3. The number of likely N-dealkylation sites (tertiary alicyclic amines) is 1. The second kappa shape index (κ2) is 8.03. The maximum Gasteiger partial charge on any atom is 0.274 e. The Morgan fingerprint density at radius 1 is 1.22 bits per heavy atom. The summed E-state index contributed by atoms with van der Waals surface area (Å²) < 4.78 is 1.98. The Labute approximate surface area is 165 Å². The molecule has 0 radical (unpaired) electrons. The van der Waals surface area contributed by atoms with Crippen molar-refractivity contribution in [2.45, 2.75) is 38.5 Å². The molecule has 6 heteroatoms. The van der Waals surface area contributed by atoms with Gasteiger partial charge in [-0.3, -0.25) is 4.79 Å². The van der Waals surface area contributed by atoms with E-state index in [-0.39, 0.29) is 5.91 Å². The molecule has 2 aliphatic rings. The average Bonchev–Trinajstić information content (AvgIpc) is 3.20. The molecule has 1 aromatic heterocycles. The van der Waals surface area contributed by atoms with Crippen molar-refractivity contribution in [1.82, 2.24) is 20.0 Å². The summed E-state index contributed by atoms with van der Waals surface area (Å²) in [5.41, 5.74) is 3.99. The highest BCUT2D eigenvalue weighted by atomic mass is 35.5. The Morgan fingerprint density at radius 2 is 2.00 bits per heavy atom. The SMILES string of the molecule is CNCC1CCN(C(=O)c2nn(-c3ccc(Cl)cc3)c3c2CCCCC3)C1. The first kappa shape index (κ1) is 18.5. The Hall–Kier alpha value is -1.85. The molecule has 1 aromatic carbocycles. The molecule has 1 saturated heterocycles. The second-order valence-electron chi connectivity index (χ2n) is 7.69. The fourth-order valence-electron chi connectivity index (χ4n) is 4.37. The molecular weight excluding hydrogens is 360 g/mol. The van der Waals surface area contributed by atoms with Gasteiger partial charge in [-0.05, 0) is 75.9 Å². The van der Waals surface area contributed by atoms with E-state index in [2.05, 4.69) is 5.32 Å². The molecule has 2 aromatic rings. The van der Waals surface area contributed by atoms with Gasteiger partial charge in [0.2, 0.25) is 0 Å². The molecule has 144 valence electrons. The number of benzene rings is 1. The van der Waals surface area contributed by atoms with Gasteiger partial charge in [0.1, 0.15) is 0 Å². The fourth-order valence-corrected chi connectivity index (χ4v) is 4.49. The maximum atomic E-state index is 13.3. The lowest BCUT2D eigenvalue weighted by Gasteiger charge is -2.16. The zero-order valence-electron chi connectivity index (χ0n) is 15.9. The van der Waals surface area contributed by atoms with Crippen LogP contribution in [0.4, 0.5) is 0 Å². The lowest BCUT2D eigenvalue weighted by atomic mass is 10.1. The molecule has 1 aliphatic heterocycles. The van der Waals surface area contributed by atoms with E-state index < -0.39 is 0 Å². The molecule has 0 bridgehead atoms. The summed E-state index contributed by atoms with van der Waals surface area (Å²) in [5.74, 6) is 0.635. The third-order valence-electron chi connectivity index (χ3n) is 5.77. The third kappa shape index (κ3) is 3.76. The van der Waals surface area contributed by atoms with Crippen molar-refractivity contribution >= 4 is 17.5 Å². The van der Waals surface area contributed by atoms with Gasteiger partial charge < -0.3 is 10.2 Å². The van der Waals surface area contributed by atoms with Crippen molar-refractivity contribution in [3.05, 3.63) is 46.2 Å². The summed E-state index contributed by atoms with van der Waals surface area (Å²) in [5, 5.41) is 8.75. The van der Waals surface area contributed by atoms with Crippen LogP contribution in [-0.2, 0) is 12.8 Å². The van der Waals surface area contributed by atoms with Gasteiger partial charge in [0, 0.05) is 29.4 Å². The number of aromatic nitrogens is 2. The van der Waals surface area contributed by atoms with Gasteiger partial charge >= 0.3 is 0 Å². The molecule has 1 unspecified atom stereocenters. The summed E-state index contributed by atoms with van der Waals surface area (Å²) in [6, 6.07) is 7.72. The monoisotopic (exact) mass is 386 g/mol. The minimum absolute atomic E-state index is 0.0967. The number of nitrogens with one attached hydrogen (secondary N) is 1. The maximum absolute atomic E-state index is 13.3. The zero-order chi connectivity index (χ0) is 18.8. The van der Waals surface area contributed by atoms with Crippen LogP contribution in [0.5, 0.6) is 0 Å². The second-order valence-corrected chi connectivity index (χ2v) is 8.12. The highest BCUT2D eigenvalue weighted by Crippen LogP contribution is 2.29. The van der Waals surface area contributed by atoms with Crippen molar-refractivity contribution in [2.24, 2.45) is 5.92 Å². The van der Waals surface area contributed by atoms with Crippen molar-refractivity contribution in [1.29, 1.82) is 0 Å². The van der Waals surface area contributed by atoms with Crippen molar-refractivity contribution in [3.63, 3.8) is 0 Å². The number of rotatable bonds is 4. The highest BCUT2D eigenvalue weighted by Gasteiger charge is 2.31. The quantitative estimate of drug-likeness (QED) is 0.818. The summed E-state index contributed by atoms with van der Waals surface area (Å²) in [7, 11) is 1.97. The number of carbonyl (C=O) groups excluding carboxylic acids is 1. The van der Waals surface area contributed by atoms with E-state index >= 15 is 0 Å². The van der Waals surface area contributed by atoms with Gasteiger partial charge in [-0.15, -0.1) is 0 Å². The molecule has 1 aliphatic carbocycles. The Balaban J connectivity index is 1.68. The summed E-state index contributed by atoms with van der Waals surface area (Å²) in [6.07, 6.45) is 6.46. The van der Waals surface area contributed by atoms with Crippen LogP contribution in [-0.4, -0.2) is 47.3 Å². The minimum atomic E-state index is 0.0967. The number of carbonyl (C=O) groups is 1. The van der Waals surface area contributed by atoms with E-state index in [0.29, 0.717) is 16.6 Å². The first-order valence-electron chi connectivity index (χ1n) is 9.98. The highest BCUT2D eigenvalue weighted by molar-refractivity contribution is 6.30. The number of hydrogen-bond donors (Lipinski definition) is 1. The van der Waals surface area contributed by atoms with E-state index in [1.54, 1.807) is 0 Å². The summed E-state index contributed by atoms with van der Waals surface area (Å²) in [4.78, 5) is 15.3. The van der Waals surface area contributed by atoms with Crippen molar-refractivity contribution in [2.75, 3.05) is 26.7 Å². The average molecular weight is 387 g/mol. The predicted molar refractivity (Wildman–Crippen MR) is 108 cm³/mol. The molecular formula is C21H27ClN4O. The largest absolute Gasteiger partial charge is 0.337 e. The van der Waals surface area contributed by atoms with Crippen LogP contribution in [0.15, 0.2) is 24.3 Å². The van der Waals surface area contributed by atoms with E-state index in [1.165, 1.54) is 12.1 Å². The molecule has 0 spiro atoms. The van der Waals surface area contributed by atoms with Crippen LogP contribution in [0.2, 0.25) is 5.02 Å². The summed E-state index contributed by atoms with van der Waals surface area (Å²) >= 11 is 6.05. The van der Waals surface area contributed by atoms with E-state index in [0.717, 1.165) is 63.0 Å². The number of halogens is 1. The normalized spacial score (nSPS) is 19.8. The molecule has 5 nitrogen and oxygen atoms in total. The smallest absolute Gasteiger partial charge is 0.274 e. The molecule has 2 heterocycles. The van der Waals surface area contributed by atoms with Crippen LogP contribution in [0.25, 0.3) is 5.69 Å². The fraction of sp³-hybridized carbons (Fsp3) is 0.524. The standard InChI is InChI=1S/C21H27ClN4O/c1-23-13-15-11-12-25(14-15)21(27)20-18-5-3-2-4-6-19(18)26(24-20)17-9-7-16(22)8-10-17/h7-10,15,23H,2-6,11-14H2,1H3. The van der Waals surface area contributed by atoms with Gasteiger partial charge in [0.25, 0.3) is 5.91 Å². The van der Waals surface area contributed by atoms with Gasteiger partial charge in [-0.1, -0.05) is 18.0 Å². The van der Waals surface area contributed by atoms with Crippen LogP contribution in [0.1, 0.15) is 47.4 Å². The Kier molecular flexibility index (Phi) is 5.50. The van der Waals surface area contributed by atoms with Crippen LogP contribution in [0.3, 0.4) is 0 Å². The van der Waals surface area contributed by atoms with Crippen molar-refractivity contribution < 1.29 is 4.79 Å². The number of fused-ring (bicyclic) bond motifs is 1. The third-order valence-corrected chi connectivity index (χ3v) is 6.02. The first-order chi connectivity index (χ1) is 13.2. The van der Waals surface area contributed by atoms with Gasteiger partial charge in [0.15, 0.2) is 5.69 Å². The van der Waals surface area contributed by atoms with Crippen molar-refractivity contribution in [3.8, 4) is 5.69 Å². The van der Waals surface area contributed by atoms with Gasteiger partial charge in [0.05, 0.1) is 5.69 Å². The molecule has 0 saturated carbocycles. The lowest BCUT2D eigenvalue weighted by Crippen LogP contribution is -2.31. The number of amides is 1. The molecule has 1 atom stereocenters. The molecule has 1 N–H and O–H groups in total. The van der Waals surface area contributed by atoms with E-state index in [9.17, 15) is 4.79 Å². The van der Waals surface area contributed by atoms with Crippen LogP contribution >= 0.6 is 11.6 Å². The zero-order valence-corrected chi connectivity index (χ0v) is 16.6. The minimum Gasteiger partial charge on any atom is -0.337 e. The first-order valence-corrected chi connectivity index (χ1v) is 10.4. The van der Waals surface area contributed by atoms with E-state index in [4.69, 9.17) is 16.7 Å². The predicted octanol–water partition coefficient (Wildman–Crippen LogP) is 3.48. The van der Waals surface area contributed by atoms with Gasteiger partial charge in [-0.2, -0.15) is 5.10 Å². The topological polar surface area (TPSA) is 50.2 Å². The van der Waals surface area contributed by atoms with Crippen LogP contribution < -0.4 is 5.32 Å². The molecule has 1 fully saturated rings. The molecule has 1 amide bonds. The Bertz CT molecular complexity index is 814. The lowest BCUT2D eigenvalue weighted by molar-refractivity contribution is 0.0780. The van der Waals surface area contributed by atoms with Crippen LogP contribution in [0, 0.1) is 5.92 Å². The molecule has 27 heavy (non-hydrogen) atoms. The molecule has 4 rings (SSSR count). The number of nitrogens with zero attached hydrogens (tertiary/aromatic N) is 3. The van der Waals surface area contributed by atoms with E-state index in [1.807, 2.05) is 40.9 Å². The Morgan fingerprint density at radius 3 is 2.78 bits per heavy atom.